The highest BCUT2D eigenvalue weighted by Crippen LogP contribution is 2.08. The van der Waals surface area contributed by atoms with Gasteiger partial charge in [-0.25, -0.2) is 9.78 Å². The van der Waals surface area contributed by atoms with E-state index < -0.39 is 48.1 Å². The van der Waals surface area contributed by atoms with Crippen molar-refractivity contribution in [3.8, 4) is 0 Å². The number of hydrogen-bond donors (Lipinski definition) is 7. The van der Waals surface area contributed by atoms with Crippen LogP contribution >= 0.6 is 0 Å². The number of aliphatic carboxylic acids is 1. The smallest absolute Gasteiger partial charge is 0.326 e. The molecule has 0 radical (unpaired) electrons. The van der Waals surface area contributed by atoms with Crippen LogP contribution in [0.3, 0.4) is 0 Å². The standard InChI is InChI=1S/C21H34N6O6/c1-11(2)7-16(21(32)33)26-20(31)17(12(3)28)27-19(30)15(8-13-9-22-10-24-13)25-18(29)14-5-4-6-23-14/h9-12,14-17,23,28H,4-8H2,1-3H3,(H,22,24)(H,25,29)(H,26,31)(H,27,30)(H,32,33). The molecular formula is C21H34N6O6. The molecule has 7 N–H and O–H groups in total. The van der Waals surface area contributed by atoms with E-state index in [2.05, 4.69) is 31.2 Å². The number of imidazole rings is 1. The number of amides is 3. The van der Waals surface area contributed by atoms with Crippen molar-refractivity contribution in [1.29, 1.82) is 0 Å². The molecule has 0 saturated carbocycles. The maximum atomic E-state index is 13.0. The Morgan fingerprint density at radius 2 is 1.85 bits per heavy atom. The van der Waals surface area contributed by atoms with E-state index in [1.165, 1.54) is 19.4 Å². The number of nitrogens with one attached hydrogen (secondary N) is 5. The van der Waals surface area contributed by atoms with Crippen LogP contribution in [-0.4, -0.2) is 80.7 Å². The summed E-state index contributed by atoms with van der Waals surface area (Å²) in [4.78, 5) is 56.6. The number of aliphatic hydroxyl groups is 1. The summed E-state index contributed by atoms with van der Waals surface area (Å²) in [5, 5.41) is 30.1. The molecule has 5 atom stereocenters. The summed E-state index contributed by atoms with van der Waals surface area (Å²) >= 11 is 0. The van der Waals surface area contributed by atoms with E-state index in [1.807, 2.05) is 13.8 Å². The zero-order valence-electron chi connectivity index (χ0n) is 19.1. The quantitative estimate of drug-likeness (QED) is 0.197. The molecule has 1 aliphatic heterocycles. The number of H-pyrrole nitrogens is 1. The van der Waals surface area contributed by atoms with Crippen LogP contribution in [0.5, 0.6) is 0 Å². The molecule has 3 amide bonds. The second-order valence-electron chi connectivity index (χ2n) is 8.75. The summed E-state index contributed by atoms with van der Waals surface area (Å²) in [6.07, 6.45) is 3.43. The van der Waals surface area contributed by atoms with Gasteiger partial charge in [-0.1, -0.05) is 13.8 Å². The molecule has 0 bridgehead atoms. The molecule has 0 aliphatic carbocycles. The number of rotatable bonds is 12. The minimum Gasteiger partial charge on any atom is -0.480 e. The van der Waals surface area contributed by atoms with Gasteiger partial charge in [-0.3, -0.25) is 14.4 Å². The zero-order chi connectivity index (χ0) is 24.5. The normalized spacial score (nSPS) is 19.4. The van der Waals surface area contributed by atoms with Crippen molar-refractivity contribution in [3.05, 3.63) is 18.2 Å². The van der Waals surface area contributed by atoms with Crippen LogP contribution in [-0.2, 0) is 25.6 Å². The maximum Gasteiger partial charge on any atom is 0.326 e. The molecule has 33 heavy (non-hydrogen) atoms. The summed E-state index contributed by atoms with van der Waals surface area (Å²) in [5.41, 5.74) is 0.593. The summed E-state index contributed by atoms with van der Waals surface area (Å²) in [5.74, 6) is -3.05. The number of carboxylic acids is 1. The van der Waals surface area contributed by atoms with Gasteiger partial charge in [0.05, 0.1) is 18.5 Å². The molecule has 5 unspecified atom stereocenters. The van der Waals surface area contributed by atoms with Crippen molar-refractivity contribution >= 4 is 23.7 Å². The molecule has 1 fully saturated rings. The Labute approximate surface area is 192 Å². The van der Waals surface area contributed by atoms with Crippen molar-refractivity contribution < 1.29 is 29.4 Å². The predicted octanol–water partition coefficient (Wildman–Crippen LogP) is -1.33. The number of carbonyl (C=O) groups excluding carboxylic acids is 3. The second-order valence-corrected chi connectivity index (χ2v) is 8.75. The van der Waals surface area contributed by atoms with E-state index in [0.717, 1.165) is 6.42 Å². The average Bonchev–Trinajstić information content (AvgIpc) is 3.44. The lowest BCUT2D eigenvalue weighted by Crippen LogP contribution is -2.60. The van der Waals surface area contributed by atoms with Gasteiger partial charge in [0.25, 0.3) is 0 Å². The molecule has 1 saturated heterocycles. The van der Waals surface area contributed by atoms with Gasteiger partial charge >= 0.3 is 5.97 Å². The lowest BCUT2D eigenvalue weighted by Gasteiger charge is -2.26. The lowest BCUT2D eigenvalue weighted by molar-refractivity contribution is -0.143. The fourth-order valence-electron chi connectivity index (χ4n) is 3.62. The molecule has 0 spiro atoms. The minimum atomic E-state index is -1.41. The fourth-order valence-corrected chi connectivity index (χ4v) is 3.62. The highest BCUT2D eigenvalue weighted by molar-refractivity contribution is 5.94. The zero-order valence-corrected chi connectivity index (χ0v) is 19.1. The monoisotopic (exact) mass is 466 g/mol. The second kappa shape index (κ2) is 12.3. The first-order valence-corrected chi connectivity index (χ1v) is 11.1. The Bertz CT molecular complexity index is 806. The minimum absolute atomic E-state index is 0.00388. The van der Waals surface area contributed by atoms with Crippen molar-refractivity contribution in [2.45, 2.75) is 76.7 Å². The van der Waals surface area contributed by atoms with E-state index in [1.54, 1.807) is 0 Å². The summed E-state index contributed by atoms with van der Waals surface area (Å²) in [6.45, 7) is 5.66. The maximum absolute atomic E-state index is 13.0. The third-order valence-electron chi connectivity index (χ3n) is 5.37. The molecule has 0 aromatic carbocycles. The third kappa shape index (κ3) is 8.13. The molecule has 1 aromatic rings. The largest absolute Gasteiger partial charge is 0.480 e. The topological polar surface area (TPSA) is 186 Å². The lowest BCUT2D eigenvalue weighted by atomic mass is 10.0. The highest BCUT2D eigenvalue weighted by atomic mass is 16.4. The number of carbonyl (C=O) groups is 4. The van der Waals surface area contributed by atoms with Crippen LogP contribution in [0.1, 0.15) is 45.7 Å². The van der Waals surface area contributed by atoms with E-state index in [4.69, 9.17) is 0 Å². The Morgan fingerprint density at radius 1 is 1.12 bits per heavy atom. The van der Waals surface area contributed by atoms with Gasteiger partial charge in [-0.05, 0) is 38.6 Å². The van der Waals surface area contributed by atoms with Crippen LogP contribution in [0.15, 0.2) is 12.5 Å². The fraction of sp³-hybridized carbons (Fsp3) is 0.667. The highest BCUT2D eigenvalue weighted by Gasteiger charge is 2.33. The summed E-state index contributed by atoms with van der Waals surface area (Å²) < 4.78 is 0. The molecule has 12 heteroatoms. The summed E-state index contributed by atoms with van der Waals surface area (Å²) in [6, 6.07) is -4.02. The third-order valence-corrected chi connectivity index (χ3v) is 5.37. The molecule has 2 heterocycles. The van der Waals surface area contributed by atoms with Gasteiger partial charge in [-0.2, -0.15) is 0 Å². The van der Waals surface area contributed by atoms with Crippen molar-refractivity contribution in [3.63, 3.8) is 0 Å². The van der Waals surface area contributed by atoms with E-state index in [0.29, 0.717) is 18.7 Å². The SMILES string of the molecule is CC(C)CC(NC(=O)C(NC(=O)C(Cc1cnc[nH]1)NC(=O)C1CCCN1)C(C)O)C(=O)O. The van der Waals surface area contributed by atoms with Gasteiger partial charge in [-0.15, -0.1) is 0 Å². The molecule has 1 aromatic heterocycles. The number of nitrogens with zero attached hydrogens (tertiary/aromatic N) is 1. The van der Waals surface area contributed by atoms with E-state index >= 15 is 0 Å². The van der Waals surface area contributed by atoms with E-state index in [-0.39, 0.29) is 24.7 Å². The predicted molar refractivity (Wildman–Crippen MR) is 118 cm³/mol. The van der Waals surface area contributed by atoms with Crippen LogP contribution in [0.4, 0.5) is 0 Å². The molecule has 2 rings (SSSR count). The van der Waals surface area contributed by atoms with Gasteiger partial charge in [0.1, 0.15) is 18.1 Å². The average molecular weight is 467 g/mol. The molecule has 1 aliphatic rings. The van der Waals surface area contributed by atoms with Crippen molar-refractivity contribution in [1.82, 2.24) is 31.2 Å². The van der Waals surface area contributed by atoms with Gasteiger partial charge in [0.2, 0.25) is 17.7 Å². The van der Waals surface area contributed by atoms with Crippen LogP contribution < -0.4 is 21.3 Å². The Kier molecular flexibility index (Phi) is 9.79. The Hall–Kier alpha value is -2.99. The number of aromatic amines is 1. The van der Waals surface area contributed by atoms with Crippen molar-refractivity contribution in [2.75, 3.05) is 6.54 Å². The van der Waals surface area contributed by atoms with Crippen LogP contribution in [0, 0.1) is 5.92 Å². The van der Waals surface area contributed by atoms with Gasteiger partial charge in [0.15, 0.2) is 0 Å². The van der Waals surface area contributed by atoms with Crippen molar-refractivity contribution in [2.24, 2.45) is 5.92 Å². The first-order chi connectivity index (χ1) is 15.6. The first kappa shape index (κ1) is 26.3. The molecule has 12 nitrogen and oxygen atoms in total. The van der Waals surface area contributed by atoms with Gasteiger partial charge < -0.3 is 36.5 Å². The Balaban J connectivity index is 2.12. The first-order valence-electron chi connectivity index (χ1n) is 11.1. The van der Waals surface area contributed by atoms with Gasteiger partial charge in [0, 0.05) is 18.3 Å². The number of aromatic nitrogens is 2. The summed E-state index contributed by atoms with van der Waals surface area (Å²) in [7, 11) is 0. The van der Waals surface area contributed by atoms with E-state index in [9.17, 15) is 29.4 Å². The number of hydrogen-bond acceptors (Lipinski definition) is 7. The number of aliphatic hydroxyl groups excluding tert-OH is 1. The number of carboxylic acid groups (broad SMARTS) is 1. The van der Waals surface area contributed by atoms with Crippen LogP contribution in [0.2, 0.25) is 0 Å². The Morgan fingerprint density at radius 3 is 2.36 bits per heavy atom. The molecular weight excluding hydrogens is 432 g/mol. The molecule has 184 valence electrons. The van der Waals surface area contributed by atoms with Crippen LogP contribution in [0.25, 0.3) is 0 Å².